The van der Waals surface area contributed by atoms with Crippen molar-refractivity contribution in [2.75, 3.05) is 6.79 Å². The maximum Gasteiger partial charge on any atom is 0.283 e. The van der Waals surface area contributed by atoms with Crippen molar-refractivity contribution in [2.24, 2.45) is 10.1 Å². The van der Waals surface area contributed by atoms with Crippen LogP contribution in [0.2, 0.25) is 5.02 Å². The number of ether oxygens (including phenoxy) is 2. The molecule has 0 spiro atoms. The topological polar surface area (TPSA) is 87.3 Å². The molecule has 29 heavy (non-hydrogen) atoms. The number of hydrazone groups is 1. The van der Waals surface area contributed by atoms with Gasteiger partial charge in [0.1, 0.15) is 5.04 Å². The van der Waals surface area contributed by atoms with Crippen LogP contribution in [-0.2, 0) is 11.2 Å². The second kappa shape index (κ2) is 7.06. The van der Waals surface area contributed by atoms with Crippen molar-refractivity contribution in [3.63, 3.8) is 0 Å². The van der Waals surface area contributed by atoms with Gasteiger partial charge in [0.25, 0.3) is 5.91 Å². The van der Waals surface area contributed by atoms with Gasteiger partial charge in [-0.3, -0.25) is 10.2 Å². The number of carbonyl (C=O) groups is 1. The lowest BCUT2D eigenvalue weighted by Gasteiger charge is -2.20. The average molecular weight is 425 g/mol. The number of halogens is 1. The molecule has 9 heteroatoms. The number of hydrogen-bond donors (Lipinski definition) is 1. The summed E-state index contributed by atoms with van der Waals surface area (Å²) in [7, 11) is 0. The molecule has 0 aromatic heterocycles. The number of amidine groups is 2. The van der Waals surface area contributed by atoms with Gasteiger partial charge in [-0.05, 0) is 53.2 Å². The van der Waals surface area contributed by atoms with Gasteiger partial charge >= 0.3 is 0 Å². The smallest absolute Gasteiger partial charge is 0.283 e. The quantitative estimate of drug-likeness (QED) is 0.754. The van der Waals surface area contributed by atoms with Gasteiger partial charge in [0.15, 0.2) is 17.3 Å². The third kappa shape index (κ3) is 3.41. The molecule has 0 unspecified atom stereocenters. The van der Waals surface area contributed by atoms with Gasteiger partial charge in [0.05, 0.1) is 5.57 Å². The zero-order valence-electron chi connectivity index (χ0n) is 14.9. The number of carbonyl (C=O) groups excluding carboxylic acids is 1. The third-order valence-electron chi connectivity index (χ3n) is 4.47. The number of hydrogen-bond acceptors (Lipinski definition) is 6. The van der Waals surface area contributed by atoms with Crippen molar-refractivity contribution < 1.29 is 14.3 Å². The van der Waals surface area contributed by atoms with E-state index in [1.807, 2.05) is 24.3 Å². The Bertz CT molecular complexity index is 1140. The fraction of sp³-hybridized carbons (Fsp3) is 0.100. The molecule has 0 bridgehead atoms. The van der Waals surface area contributed by atoms with Gasteiger partial charge in [-0.25, -0.2) is 0 Å². The molecule has 3 heterocycles. The maximum absolute atomic E-state index is 12.5. The first kappa shape index (κ1) is 18.0. The van der Waals surface area contributed by atoms with Crippen LogP contribution in [0.15, 0.2) is 58.1 Å². The number of nitrogens with zero attached hydrogens (tertiary/aromatic N) is 3. The molecule has 3 aliphatic rings. The Hall–Kier alpha value is -3.10. The Morgan fingerprint density at radius 3 is 2.79 bits per heavy atom. The summed E-state index contributed by atoms with van der Waals surface area (Å²) in [5, 5.41) is 16.2. The molecule has 5 rings (SSSR count). The zero-order chi connectivity index (χ0) is 20.0. The number of benzene rings is 2. The average Bonchev–Trinajstić information content (AvgIpc) is 3.33. The lowest BCUT2D eigenvalue weighted by atomic mass is 10.1. The molecule has 144 valence electrons. The minimum Gasteiger partial charge on any atom is -0.454 e. The summed E-state index contributed by atoms with van der Waals surface area (Å²) >= 11 is 7.22. The van der Waals surface area contributed by atoms with Crippen LogP contribution in [-0.4, -0.2) is 33.8 Å². The molecule has 2 aromatic carbocycles. The first-order chi connectivity index (χ1) is 14.1. The molecule has 0 radical (unpaired) electrons. The van der Waals surface area contributed by atoms with E-state index >= 15 is 0 Å². The van der Waals surface area contributed by atoms with Crippen molar-refractivity contribution in [1.29, 1.82) is 5.41 Å². The van der Waals surface area contributed by atoms with Gasteiger partial charge in [-0.15, -0.1) is 0 Å². The van der Waals surface area contributed by atoms with E-state index in [0.717, 1.165) is 16.2 Å². The molecular weight excluding hydrogens is 412 g/mol. The van der Waals surface area contributed by atoms with Gasteiger partial charge in [-0.2, -0.15) is 15.1 Å². The Morgan fingerprint density at radius 2 is 1.97 bits per heavy atom. The minimum atomic E-state index is -0.464. The molecule has 0 atom stereocenters. The Balaban J connectivity index is 1.41. The van der Waals surface area contributed by atoms with Gasteiger partial charge < -0.3 is 9.47 Å². The van der Waals surface area contributed by atoms with Crippen LogP contribution < -0.4 is 9.47 Å². The van der Waals surface area contributed by atoms with E-state index in [4.69, 9.17) is 26.5 Å². The van der Waals surface area contributed by atoms with Gasteiger partial charge in [0.2, 0.25) is 12.0 Å². The fourth-order valence-corrected chi connectivity index (χ4v) is 4.09. The lowest BCUT2D eigenvalue weighted by molar-refractivity contribution is -0.114. The first-order valence-electron chi connectivity index (χ1n) is 8.70. The largest absolute Gasteiger partial charge is 0.454 e. The summed E-state index contributed by atoms with van der Waals surface area (Å²) in [6, 6.07) is 12.8. The molecule has 1 amide bonds. The maximum atomic E-state index is 12.5. The van der Waals surface area contributed by atoms with Crippen molar-refractivity contribution in [2.45, 2.75) is 6.42 Å². The highest BCUT2D eigenvalue weighted by molar-refractivity contribution is 8.26. The number of aliphatic imine (C=N–C) groups is 1. The number of amides is 1. The van der Waals surface area contributed by atoms with Crippen LogP contribution in [0.5, 0.6) is 11.5 Å². The molecule has 2 aromatic rings. The van der Waals surface area contributed by atoms with Gasteiger partial charge in [0, 0.05) is 11.4 Å². The predicted molar refractivity (Wildman–Crippen MR) is 113 cm³/mol. The van der Waals surface area contributed by atoms with Crippen molar-refractivity contribution in [3.05, 3.63) is 64.2 Å². The second-order valence-electron chi connectivity index (χ2n) is 6.43. The normalized spacial score (nSPS) is 18.8. The predicted octanol–water partition coefficient (Wildman–Crippen LogP) is 3.93. The van der Waals surface area contributed by atoms with E-state index in [1.165, 1.54) is 16.8 Å². The first-order valence-corrected chi connectivity index (χ1v) is 9.89. The Kier molecular flexibility index (Phi) is 4.37. The molecule has 1 N–H and O–H groups in total. The summed E-state index contributed by atoms with van der Waals surface area (Å²) in [6.07, 6.45) is 2.18. The van der Waals surface area contributed by atoms with Crippen LogP contribution in [0.25, 0.3) is 6.08 Å². The van der Waals surface area contributed by atoms with Crippen molar-refractivity contribution >= 4 is 51.4 Å². The molecule has 7 nitrogen and oxygen atoms in total. The number of thioether (sulfide) groups is 1. The summed E-state index contributed by atoms with van der Waals surface area (Å²) in [6.45, 7) is 0.174. The Morgan fingerprint density at radius 1 is 1.17 bits per heavy atom. The summed E-state index contributed by atoms with van der Waals surface area (Å²) < 4.78 is 10.7. The van der Waals surface area contributed by atoms with E-state index in [-0.39, 0.29) is 18.2 Å². The molecule has 0 saturated heterocycles. The minimum absolute atomic E-state index is 0.00345. The van der Waals surface area contributed by atoms with Crippen molar-refractivity contribution in [3.8, 4) is 11.5 Å². The van der Waals surface area contributed by atoms with Crippen LogP contribution in [0.4, 0.5) is 0 Å². The number of rotatable bonds is 3. The lowest BCUT2D eigenvalue weighted by Crippen LogP contribution is -2.35. The number of nitrogens with one attached hydrogen (secondary N) is 1. The van der Waals surface area contributed by atoms with Gasteiger partial charge in [-0.1, -0.05) is 29.8 Å². The van der Waals surface area contributed by atoms with Crippen LogP contribution in [0.3, 0.4) is 0 Å². The highest BCUT2D eigenvalue weighted by Crippen LogP contribution is 2.34. The molecular formula is C20H13ClN4O3S. The fourth-order valence-electron chi connectivity index (χ4n) is 3.05. The van der Waals surface area contributed by atoms with E-state index in [2.05, 4.69) is 10.1 Å². The van der Waals surface area contributed by atoms with E-state index in [0.29, 0.717) is 28.1 Å². The highest BCUT2D eigenvalue weighted by atomic mass is 35.5. The standard InChI is InChI=1S/C20H13ClN4O3S/c21-13-4-1-11(2-5-13)9-17-24-25-18(22)14(19(26)23-20(25)29-17)7-12-3-6-15-16(8-12)28-10-27-15/h1-8,22H,9-10H2/b14-7-,22-18?. The summed E-state index contributed by atoms with van der Waals surface area (Å²) in [5.41, 5.74) is 1.93. The summed E-state index contributed by atoms with van der Waals surface area (Å²) in [5.74, 6) is 0.800. The molecule has 3 aliphatic heterocycles. The van der Waals surface area contributed by atoms with E-state index < -0.39 is 5.91 Å². The molecule has 0 fully saturated rings. The van der Waals surface area contributed by atoms with Crippen LogP contribution in [0.1, 0.15) is 11.1 Å². The van der Waals surface area contributed by atoms with Crippen LogP contribution in [0, 0.1) is 5.41 Å². The SMILES string of the molecule is N=C1/C(=C/c2ccc3c(c2)OCO3)C(=O)N=C2SC(Cc3ccc(Cl)cc3)=NN12. The monoisotopic (exact) mass is 424 g/mol. The second-order valence-corrected chi connectivity index (χ2v) is 7.91. The van der Waals surface area contributed by atoms with Crippen molar-refractivity contribution in [1.82, 2.24) is 5.01 Å². The molecule has 0 aliphatic carbocycles. The van der Waals surface area contributed by atoms with Crippen LogP contribution >= 0.6 is 23.4 Å². The Labute approximate surface area is 175 Å². The zero-order valence-corrected chi connectivity index (χ0v) is 16.5. The summed E-state index contributed by atoms with van der Waals surface area (Å²) in [4.78, 5) is 16.6. The highest BCUT2D eigenvalue weighted by Gasteiger charge is 2.35. The van der Waals surface area contributed by atoms with E-state index in [1.54, 1.807) is 24.3 Å². The number of fused-ring (bicyclic) bond motifs is 2. The molecule has 0 saturated carbocycles. The third-order valence-corrected chi connectivity index (χ3v) is 5.63. The van der Waals surface area contributed by atoms with E-state index in [9.17, 15) is 4.79 Å².